The van der Waals surface area contributed by atoms with E-state index in [4.69, 9.17) is 4.74 Å². The number of hydrogen-bond acceptors (Lipinski definition) is 3. The Morgan fingerprint density at radius 2 is 2.67 bits per heavy atom. The van der Waals surface area contributed by atoms with Crippen LogP contribution in [-0.4, -0.2) is 18.7 Å². The molecule has 1 aliphatic heterocycles. The highest BCUT2D eigenvalue weighted by atomic mass is 16.5. The zero-order valence-electron chi connectivity index (χ0n) is 5.09. The largest absolute Gasteiger partial charge is 0.471 e. The summed E-state index contributed by atoms with van der Waals surface area (Å²) in [7, 11) is 0. The first-order chi connectivity index (χ1) is 4.43. The van der Waals surface area contributed by atoms with Gasteiger partial charge in [-0.25, -0.2) is 4.79 Å². The summed E-state index contributed by atoms with van der Waals surface area (Å²) in [6, 6.07) is 0. The van der Waals surface area contributed by atoms with Gasteiger partial charge in [0.2, 0.25) is 0 Å². The molecule has 1 aliphatic rings. The van der Waals surface area contributed by atoms with E-state index in [2.05, 4.69) is 5.32 Å². The van der Waals surface area contributed by atoms with Gasteiger partial charge in [0.1, 0.15) is 6.23 Å². The fourth-order valence-electron chi connectivity index (χ4n) is 0.879. The SMILES string of the molecule is O=C=CO[C@H]1CCCN1. The molecule has 0 aliphatic carbocycles. The molecule has 0 aromatic carbocycles. The molecule has 1 rings (SSSR count). The Morgan fingerprint density at radius 1 is 1.78 bits per heavy atom. The van der Waals surface area contributed by atoms with E-state index in [0.717, 1.165) is 25.6 Å². The molecule has 0 aromatic rings. The predicted molar refractivity (Wildman–Crippen MR) is 32.4 cm³/mol. The van der Waals surface area contributed by atoms with Crippen molar-refractivity contribution >= 4 is 5.94 Å². The average Bonchev–Trinajstić information content (AvgIpc) is 2.34. The van der Waals surface area contributed by atoms with Crippen molar-refractivity contribution < 1.29 is 9.53 Å². The number of nitrogens with one attached hydrogen (secondary N) is 1. The number of ether oxygens (including phenoxy) is 1. The van der Waals surface area contributed by atoms with Gasteiger partial charge in [-0.3, -0.25) is 5.32 Å². The summed E-state index contributed by atoms with van der Waals surface area (Å²) in [6.45, 7) is 0.983. The quantitative estimate of drug-likeness (QED) is 0.421. The van der Waals surface area contributed by atoms with Crippen molar-refractivity contribution in [2.24, 2.45) is 0 Å². The molecule has 0 unspecified atom stereocenters. The van der Waals surface area contributed by atoms with Crippen molar-refractivity contribution in [1.29, 1.82) is 0 Å². The molecule has 1 N–H and O–H groups in total. The Kier molecular flexibility index (Phi) is 2.31. The molecule has 0 aromatic heterocycles. The molecule has 3 heteroatoms. The van der Waals surface area contributed by atoms with Crippen LogP contribution in [0.15, 0.2) is 6.26 Å². The summed E-state index contributed by atoms with van der Waals surface area (Å²) in [5, 5.41) is 3.06. The molecule has 0 radical (unpaired) electrons. The molecule has 0 saturated carbocycles. The van der Waals surface area contributed by atoms with E-state index in [1.54, 1.807) is 5.94 Å². The summed E-state index contributed by atoms with van der Waals surface area (Å²) < 4.78 is 4.89. The molecule has 9 heavy (non-hydrogen) atoms. The Balaban J connectivity index is 2.18. The van der Waals surface area contributed by atoms with Crippen molar-refractivity contribution in [3.05, 3.63) is 6.26 Å². The highest BCUT2D eigenvalue weighted by Gasteiger charge is 2.12. The lowest BCUT2D eigenvalue weighted by Crippen LogP contribution is -2.22. The topological polar surface area (TPSA) is 38.3 Å². The molecule has 1 atom stereocenters. The van der Waals surface area contributed by atoms with Gasteiger partial charge in [0.15, 0.2) is 12.2 Å². The second-order valence-electron chi connectivity index (χ2n) is 1.96. The monoisotopic (exact) mass is 127 g/mol. The van der Waals surface area contributed by atoms with E-state index in [0.29, 0.717) is 0 Å². The van der Waals surface area contributed by atoms with Crippen LogP contribution >= 0.6 is 0 Å². The van der Waals surface area contributed by atoms with Crippen molar-refractivity contribution in [3.63, 3.8) is 0 Å². The van der Waals surface area contributed by atoms with Gasteiger partial charge < -0.3 is 4.74 Å². The van der Waals surface area contributed by atoms with Crippen LogP contribution in [0.2, 0.25) is 0 Å². The number of hydrogen-bond donors (Lipinski definition) is 1. The summed E-state index contributed by atoms with van der Waals surface area (Å²) in [5.41, 5.74) is 0. The number of carbonyl (C=O) groups excluding carboxylic acids is 1. The summed E-state index contributed by atoms with van der Waals surface area (Å²) >= 11 is 0. The minimum absolute atomic E-state index is 0.0476. The first-order valence-electron chi connectivity index (χ1n) is 3.01. The van der Waals surface area contributed by atoms with Crippen LogP contribution in [0.25, 0.3) is 0 Å². The third-order valence-corrected chi connectivity index (χ3v) is 1.30. The molecule has 1 heterocycles. The Morgan fingerprint density at radius 3 is 3.22 bits per heavy atom. The van der Waals surface area contributed by atoms with Gasteiger partial charge in [0, 0.05) is 0 Å². The summed E-state index contributed by atoms with van der Waals surface area (Å²) in [6.07, 6.45) is 3.21. The Bertz CT molecular complexity index is 123. The van der Waals surface area contributed by atoms with E-state index in [1.807, 2.05) is 0 Å². The van der Waals surface area contributed by atoms with E-state index >= 15 is 0 Å². The lowest BCUT2D eigenvalue weighted by atomic mass is 10.4. The normalized spacial score (nSPS) is 25.1. The molecule has 0 amide bonds. The molecule has 50 valence electrons. The van der Waals surface area contributed by atoms with Crippen LogP contribution in [0.3, 0.4) is 0 Å². The molecule has 1 saturated heterocycles. The predicted octanol–water partition coefficient (Wildman–Crippen LogP) is 0.0578. The van der Waals surface area contributed by atoms with Crippen molar-refractivity contribution in [1.82, 2.24) is 5.32 Å². The van der Waals surface area contributed by atoms with E-state index in [-0.39, 0.29) is 6.23 Å². The van der Waals surface area contributed by atoms with Crippen LogP contribution in [0.1, 0.15) is 12.8 Å². The first-order valence-corrected chi connectivity index (χ1v) is 3.01. The lowest BCUT2D eigenvalue weighted by molar-refractivity contribution is 0.133. The van der Waals surface area contributed by atoms with Gasteiger partial charge in [-0.2, -0.15) is 0 Å². The third kappa shape index (κ3) is 1.88. The Hall–Kier alpha value is -0.790. The number of rotatable bonds is 2. The summed E-state index contributed by atoms with van der Waals surface area (Å²) in [5.74, 6) is 1.56. The van der Waals surface area contributed by atoms with Gasteiger partial charge in [-0.1, -0.05) is 0 Å². The van der Waals surface area contributed by atoms with Gasteiger partial charge in [-0.05, 0) is 19.4 Å². The molecular formula is C6H9NO2. The van der Waals surface area contributed by atoms with Gasteiger partial charge in [0.25, 0.3) is 0 Å². The Labute approximate surface area is 53.7 Å². The van der Waals surface area contributed by atoms with Gasteiger partial charge >= 0.3 is 0 Å². The van der Waals surface area contributed by atoms with E-state index < -0.39 is 0 Å². The molecule has 3 nitrogen and oxygen atoms in total. The van der Waals surface area contributed by atoms with Crippen LogP contribution in [0.4, 0.5) is 0 Å². The van der Waals surface area contributed by atoms with Crippen LogP contribution < -0.4 is 5.32 Å². The maximum atomic E-state index is 9.63. The molecule has 0 bridgehead atoms. The fraction of sp³-hybridized carbons (Fsp3) is 0.667. The lowest BCUT2D eigenvalue weighted by Gasteiger charge is -2.06. The third-order valence-electron chi connectivity index (χ3n) is 1.30. The maximum absolute atomic E-state index is 9.63. The highest BCUT2D eigenvalue weighted by molar-refractivity contribution is 5.42. The zero-order chi connectivity index (χ0) is 6.53. The van der Waals surface area contributed by atoms with Crippen LogP contribution in [-0.2, 0) is 9.53 Å². The smallest absolute Gasteiger partial charge is 0.169 e. The minimum atomic E-state index is 0.0476. The standard InChI is InChI=1S/C6H9NO2/c8-4-5-9-6-2-1-3-7-6/h5-7H,1-3H2/t6-/m0/s1. The first kappa shape index (κ1) is 6.33. The highest BCUT2D eigenvalue weighted by Crippen LogP contribution is 2.04. The van der Waals surface area contributed by atoms with E-state index in [1.165, 1.54) is 0 Å². The van der Waals surface area contributed by atoms with Crippen LogP contribution in [0, 0.1) is 0 Å². The van der Waals surface area contributed by atoms with Crippen LogP contribution in [0.5, 0.6) is 0 Å². The average molecular weight is 127 g/mol. The fourth-order valence-corrected chi connectivity index (χ4v) is 0.879. The zero-order valence-corrected chi connectivity index (χ0v) is 5.09. The molecular weight excluding hydrogens is 118 g/mol. The van der Waals surface area contributed by atoms with Gasteiger partial charge in [-0.15, -0.1) is 0 Å². The van der Waals surface area contributed by atoms with Gasteiger partial charge in [0.05, 0.1) is 0 Å². The minimum Gasteiger partial charge on any atom is -0.471 e. The second-order valence-corrected chi connectivity index (χ2v) is 1.96. The molecule has 1 fully saturated rings. The second kappa shape index (κ2) is 3.28. The van der Waals surface area contributed by atoms with E-state index in [9.17, 15) is 4.79 Å². The van der Waals surface area contributed by atoms with Crippen molar-refractivity contribution in [3.8, 4) is 0 Å². The maximum Gasteiger partial charge on any atom is 0.169 e. The van der Waals surface area contributed by atoms with Crippen molar-refractivity contribution in [2.45, 2.75) is 19.1 Å². The van der Waals surface area contributed by atoms with Crippen molar-refractivity contribution in [2.75, 3.05) is 6.54 Å². The summed E-state index contributed by atoms with van der Waals surface area (Å²) in [4.78, 5) is 9.63. The molecule has 0 spiro atoms.